The molecule has 0 spiro atoms. The van der Waals surface area contributed by atoms with Crippen LogP contribution in [0.1, 0.15) is 11.5 Å². The number of aliphatic hydroxyl groups is 1. The Labute approximate surface area is 157 Å². The van der Waals surface area contributed by atoms with Gasteiger partial charge in [0.05, 0.1) is 25.2 Å². The van der Waals surface area contributed by atoms with Gasteiger partial charge >= 0.3 is 0 Å². The number of aromatic nitrogens is 1. The molecule has 3 aromatic rings. The minimum absolute atomic E-state index is 0.0429. The zero-order chi connectivity index (χ0) is 18.0. The molecule has 2 aromatic carbocycles. The fourth-order valence-electron chi connectivity index (χ4n) is 2.35. The van der Waals surface area contributed by atoms with E-state index in [9.17, 15) is 0 Å². The lowest BCUT2D eigenvalue weighted by Crippen LogP contribution is -2.00. The van der Waals surface area contributed by atoms with Crippen LogP contribution < -0.4 is 4.74 Å². The number of oxazole rings is 1. The van der Waals surface area contributed by atoms with Crippen molar-refractivity contribution < 1.29 is 14.3 Å². The van der Waals surface area contributed by atoms with Crippen LogP contribution in [0.3, 0.4) is 0 Å². The SMILES string of the molecule is OC/C=C/c1ccc(-c2cnc(CSCCOc3ccccc3)o2)cc1. The van der Waals surface area contributed by atoms with Crippen molar-refractivity contribution in [3.63, 3.8) is 0 Å². The van der Waals surface area contributed by atoms with Gasteiger partial charge in [0, 0.05) is 11.3 Å². The van der Waals surface area contributed by atoms with Gasteiger partial charge in [0.25, 0.3) is 0 Å². The molecule has 0 saturated carbocycles. The Kier molecular flexibility index (Phi) is 6.93. The molecule has 0 atom stereocenters. The third kappa shape index (κ3) is 5.51. The third-order valence-electron chi connectivity index (χ3n) is 3.63. The van der Waals surface area contributed by atoms with Gasteiger partial charge in [-0.25, -0.2) is 4.98 Å². The molecule has 4 nitrogen and oxygen atoms in total. The quantitative estimate of drug-likeness (QED) is 0.558. The summed E-state index contributed by atoms with van der Waals surface area (Å²) in [7, 11) is 0. The van der Waals surface area contributed by atoms with Gasteiger partial charge in [-0.2, -0.15) is 0 Å². The summed E-state index contributed by atoms with van der Waals surface area (Å²) < 4.78 is 11.5. The maximum absolute atomic E-state index is 8.81. The van der Waals surface area contributed by atoms with Crippen LogP contribution in [-0.4, -0.2) is 29.1 Å². The average Bonchev–Trinajstić information content (AvgIpc) is 3.16. The van der Waals surface area contributed by atoms with Gasteiger partial charge in [0.2, 0.25) is 5.89 Å². The molecule has 134 valence electrons. The molecular formula is C21H21NO3S. The molecule has 26 heavy (non-hydrogen) atoms. The van der Waals surface area contributed by atoms with Crippen LogP contribution in [0.25, 0.3) is 17.4 Å². The van der Waals surface area contributed by atoms with Gasteiger partial charge in [-0.3, -0.25) is 0 Å². The normalized spacial score (nSPS) is 11.1. The smallest absolute Gasteiger partial charge is 0.204 e. The first-order valence-electron chi connectivity index (χ1n) is 8.43. The number of hydrogen-bond donors (Lipinski definition) is 1. The Morgan fingerprint density at radius 3 is 2.65 bits per heavy atom. The Bertz CT molecular complexity index is 813. The molecule has 3 rings (SSSR count). The van der Waals surface area contributed by atoms with E-state index in [1.807, 2.05) is 60.7 Å². The van der Waals surface area contributed by atoms with Gasteiger partial charge < -0.3 is 14.3 Å². The lowest BCUT2D eigenvalue weighted by atomic mass is 10.1. The number of nitrogens with zero attached hydrogens (tertiary/aromatic N) is 1. The number of hydrogen-bond acceptors (Lipinski definition) is 5. The van der Waals surface area contributed by atoms with E-state index in [0.717, 1.165) is 34.1 Å². The minimum atomic E-state index is 0.0429. The predicted octanol–water partition coefficient (Wildman–Crippen LogP) is 4.66. The number of thioether (sulfide) groups is 1. The van der Waals surface area contributed by atoms with Crippen LogP contribution in [0.2, 0.25) is 0 Å². The summed E-state index contributed by atoms with van der Waals surface area (Å²) in [5, 5.41) is 8.81. The van der Waals surface area contributed by atoms with Crippen LogP contribution in [-0.2, 0) is 5.75 Å². The first kappa shape index (κ1) is 18.3. The molecule has 1 aromatic heterocycles. The lowest BCUT2D eigenvalue weighted by Gasteiger charge is -2.04. The van der Waals surface area contributed by atoms with Crippen molar-refractivity contribution in [3.05, 3.63) is 78.3 Å². The molecule has 0 bridgehead atoms. The second-order valence-electron chi connectivity index (χ2n) is 5.54. The molecule has 5 heteroatoms. The van der Waals surface area contributed by atoms with E-state index in [2.05, 4.69) is 4.98 Å². The van der Waals surface area contributed by atoms with E-state index in [0.29, 0.717) is 12.5 Å². The fraction of sp³-hybridized carbons (Fsp3) is 0.190. The van der Waals surface area contributed by atoms with E-state index in [1.165, 1.54) is 0 Å². The van der Waals surface area contributed by atoms with Gasteiger partial charge in [-0.05, 0) is 17.7 Å². The number of ether oxygens (including phenoxy) is 1. The molecule has 0 aliphatic heterocycles. The van der Waals surface area contributed by atoms with E-state index in [4.69, 9.17) is 14.3 Å². The molecule has 0 amide bonds. The second-order valence-corrected chi connectivity index (χ2v) is 6.64. The number of rotatable bonds is 9. The summed E-state index contributed by atoms with van der Waals surface area (Å²) in [5.41, 5.74) is 2.03. The van der Waals surface area contributed by atoms with E-state index in [1.54, 1.807) is 24.0 Å². The topological polar surface area (TPSA) is 55.5 Å². The fourth-order valence-corrected chi connectivity index (χ4v) is 3.01. The van der Waals surface area contributed by atoms with Gasteiger partial charge in [0.15, 0.2) is 5.76 Å². The molecular weight excluding hydrogens is 346 g/mol. The number of aliphatic hydroxyl groups excluding tert-OH is 1. The van der Waals surface area contributed by atoms with E-state index >= 15 is 0 Å². The van der Waals surface area contributed by atoms with Crippen molar-refractivity contribution >= 4 is 17.8 Å². The highest BCUT2D eigenvalue weighted by molar-refractivity contribution is 7.98. The average molecular weight is 367 g/mol. The van der Waals surface area contributed by atoms with Crippen LogP contribution in [0.4, 0.5) is 0 Å². The highest BCUT2D eigenvalue weighted by Crippen LogP contribution is 2.23. The lowest BCUT2D eigenvalue weighted by molar-refractivity contribution is 0.343. The number of benzene rings is 2. The highest BCUT2D eigenvalue weighted by Gasteiger charge is 2.06. The summed E-state index contributed by atoms with van der Waals surface area (Å²) in [6, 6.07) is 17.8. The van der Waals surface area contributed by atoms with Gasteiger partial charge in [0.1, 0.15) is 5.75 Å². The Balaban J connectivity index is 1.45. The Hall–Kier alpha value is -2.50. The van der Waals surface area contributed by atoms with Gasteiger partial charge in [-0.15, -0.1) is 11.8 Å². The maximum atomic E-state index is 8.81. The van der Waals surface area contributed by atoms with Crippen molar-refractivity contribution in [2.24, 2.45) is 0 Å². The Morgan fingerprint density at radius 2 is 1.88 bits per heavy atom. The van der Waals surface area contributed by atoms with Crippen molar-refractivity contribution in [2.75, 3.05) is 19.0 Å². The first-order chi connectivity index (χ1) is 12.8. The molecule has 0 aliphatic carbocycles. The van der Waals surface area contributed by atoms with Crippen LogP contribution in [0, 0.1) is 0 Å². The third-order valence-corrected chi connectivity index (χ3v) is 4.54. The van der Waals surface area contributed by atoms with Crippen molar-refractivity contribution in [1.29, 1.82) is 0 Å². The summed E-state index contributed by atoms with van der Waals surface area (Å²) in [5.74, 6) is 3.96. The highest BCUT2D eigenvalue weighted by atomic mass is 32.2. The minimum Gasteiger partial charge on any atom is -0.493 e. The predicted molar refractivity (Wildman–Crippen MR) is 106 cm³/mol. The molecule has 0 fully saturated rings. The van der Waals surface area contributed by atoms with Crippen LogP contribution in [0.5, 0.6) is 5.75 Å². The van der Waals surface area contributed by atoms with Crippen molar-refractivity contribution in [2.45, 2.75) is 5.75 Å². The molecule has 0 saturated heterocycles. The molecule has 1 N–H and O–H groups in total. The largest absolute Gasteiger partial charge is 0.493 e. The van der Waals surface area contributed by atoms with E-state index < -0.39 is 0 Å². The molecule has 1 heterocycles. The summed E-state index contributed by atoms with van der Waals surface area (Å²) in [4.78, 5) is 4.35. The Morgan fingerprint density at radius 1 is 1.08 bits per heavy atom. The van der Waals surface area contributed by atoms with Crippen LogP contribution in [0.15, 0.2) is 71.3 Å². The van der Waals surface area contributed by atoms with Crippen molar-refractivity contribution in [3.8, 4) is 17.1 Å². The summed E-state index contributed by atoms with van der Waals surface area (Å²) in [6.07, 6.45) is 5.35. The van der Waals surface area contributed by atoms with Gasteiger partial charge in [-0.1, -0.05) is 54.6 Å². The second kappa shape index (κ2) is 9.85. The zero-order valence-corrected chi connectivity index (χ0v) is 15.2. The monoisotopic (exact) mass is 367 g/mol. The van der Waals surface area contributed by atoms with Crippen LogP contribution >= 0.6 is 11.8 Å². The maximum Gasteiger partial charge on any atom is 0.204 e. The molecule has 0 radical (unpaired) electrons. The number of para-hydroxylation sites is 1. The first-order valence-corrected chi connectivity index (χ1v) is 9.59. The standard InChI is InChI=1S/C21H21NO3S/c23-12-4-5-17-8-10-18(11-9-17)20-15-22-21(25-20)16-26-14-13-24-19-6-2-1-3-7-19/h1-11,15,23H,12-14,16H2/b5-4+. The van der Waals surface area contributed by atoms with E-state index in [-0.39, 0.29) is 6.61 Å². The summed E-state index contributed by atoms with van der Waals surface area (Å²) >= 11 is 1.73. The summed E-state index contributed by atoms with van der Waals surface area (Å²) in [6.45, 7) is 0.701. The van der Waals surface area contributed by atoms with Crippen molar-refractivity contribution in [1.82, 2.24) is 4.98 Å². The molecule has 0 unspecified atom stereocenters. The zero-order valence-electron chi connectivity index (χ0n) is 14.4. The molecule has 0 aliphatic rings.